The van der Waals surface area contributed by atoms with E-state index in [1.807, 2.05) is 32.3 Å². The first kappa shape index (κ1) is 23.0. The van der Waals surface area contributed by atoms with Gasteiger partial charge in [-0.3, -0.25) is 4.99 Å². The summed E-state index contributed by atoms with van der Waals surface area (Å²) in [7, 11) is 7.73. The van der Waals surface area contributed by atoms with Crippen molar-refractivity contribution in [3.05, 3.63) is 29.8 Å². The summed E-state index contributed by atoms with van der Waals surface area (Å²) >= 11 is 0. The third-order valence-corrected chi connectivity index (χ3v) is 4.26. The monoisotopic (exact) mass is 448 g/mol. The average Bonchev–Trinajstić information content (AvgIpc) is 2.58. The first-order chi connectivity index (χ1) is 11.0. The second-order valence-corrected chi connectivity index (χ2v) is 5.88. The van der Waals surface area contributed by atoms with Gasteiger partial charge in [-0.25, -0.2) is 0 Å². The van der Waals surface area contributed by atoms with Gasteiger partial charge in [0.25, 0.3) is 0 Å². The third kappa shape index (κ3) is 7.25. The third-order valence-electron chi connectivity index (χ3n) is 4.26. The molecule has 1 N–H and O–H groups in total. The Balaban J connectivity index is 0.00000529. The number of rotatable bonds is 8. The van der Waals surface area contributed by atoms with E-state index in [1.165, 1.54) is 6.42 Å². The van der Waals surface area contributed by atoms with Crippen molar-refractivity contribution >= 4 is 29.9 Å². The molecule has 1 unspecified atom stereocenters. The number of aliphatic imine (C=N–C) groups is 1. The molecule has 0 saturated carbocycles. The van der Waals surface area contributed by atoms with Crippen LogP contribution in [0.3, 0.4) is 0 Å². The number of halogens is 1. The van der Waals surface area contributed by atoms with Crippen molar-refractivity contribution in [1.82, 2.24) is 15.1 Å². The molecular formula is C18H33IN4O. The molecule has 0 aliphatic heterocycles. The summed E-state index contributed by atoms with van der Waals surface area (Å²) in [6.45, 7) is 7.10. The summed E-state index contributed by atoms with van der Waals surface area (Å²) in [5.74, 6) is 1.81. The van der Waals surface area contributed by atoms with Gasteiger partial charge in [0, 0.05) is 45.3 Å². The topological polar surface area (TPSA) is 40.1 Å². The SMILES string of the molecule is CCC(C)N(C)CCNC(=NC)N(C)Cc1ccccc1OC.I. The number of para-hydroxylation sites is 1. The summed E-state index contributed by atoms with van der Waals surface area (Å²) in [6, 6.07) is 8.69. The molecule has 6 heteroatoms. The molecule has 0 aliphatic carbocycles. The maximum absolute atomic E-state index is 5.42. The summed E-state index contributed by atoms with van der Waals surface area (Å²) in [4.78, 5) is 8.85. The largest absolute Gasteiger partial charge is 0.496 e. The van der Waals surface area contributed by atoms with Crippen LogP contribution in [0, 0.1) is 0 Å². The minimum Gasteiger partial charge on any atom is -0.496 e. The first-order valence-electron chi connectivity index (χ1n) is 8.27. The van der Waals surface area contributed by atoms with Crippen LogP contribution in [0.25, 0.3) is 0 Å². The lowest BCUT2D eigenvalue weighted by Crippen LogP contribution is -2.43. The Morgan fingerprint density at radius 3 is 2.54 bits per heavy atom. The van der Waals surface area contributed by atoms with Crippen molar-refractivity contribution in [2.24, 2.45) is 4.99 Å². The van der Waals surface area contributed by atoms with Crippen molar-refractivity contribution < 1.29 is 4.74 Å². The van der Waals surface area contributed by atoms with E-state index in [0.29, 0.717) is 6.04 Å². The Kier molecular flexibility index (Phi) is 11.8. The van der Waals surface area contributed by atoms with Gasteiger partial charge >= 0.3 is 0 Å². The van der Waals surface area contributed by atoms with E-state index in [0.717, 1.165) is 36.9 Å². The molecule has 0 fully saturated rings. The molecule has 1 atom stereocenters. The molecule has 1 rings (SSSR count). The van der Waals surface area contributed by atoms with Gasteiger partial charge in [0.05, 0.1) is 7.11 Å². The van der Waals surface area contributed by atoms with Gasteiger partial charge in [-0.05, 0) is 26.5 Å². The summed E-state index contributed by atoms with van der Waals surface area (Å²) < 4.78 is 5.42. The highest BCUT2D eigenvalue weighted by Crippen LogP contribution is 2.18. The zero-order valence-electron chi connectivity index (χ0n) is 15.9. The highest BCUT2D eigenvalue weighted by molar-refractivity contribution is 14.0. The van der Waals surface area contributed by atoms with Crippen molar-refractivity contribution in [1.29, 1.82) is 0 Å². The van der Waals surface area contributed by atoms with Gasteiger partial charge in [-0.1, -0.05) is 25.1 Å². The van der Waals surface area contributed by atoms with Crippen LogP contribution in [0.15, 0.2) is 29.3 Å². The molecule has 1 aromatic rings. The van der Waals surface area contributed by atoms with Gasteiger partial charge in [0.2, 0.25) is 0 Å². The lowest BCUT2D eigenvalue weighted by atomic mass is 10.2. The normalized spacial score (nSPS) is 12.5. The first-order valence-corrected chi connectivity index (χ1v) is 8.27. The summed E-state index contributed by atoms with van der Waals surface area (Å²) in [5.41, 5.74) is 1.15. The minimum absolute atomic E-state index is 0. The van der Waals surface area contributed by atoms with Gasteiger partial charge in [-0.15, -0.1) is 24.0 Å². The Morgan fingerprint density at radius 1 is 1.29 bits per heavy atom. The van der Waals surface area contributed by atoms with Crippen molar-refractivity contribution in [3.63, 3.8) is 0 Å². The smallest absolute Gasteiger partial charge is 0.193 e. The molecule has 0 spiro atoms. The molecule has 0 aliphatic rings. The van der Waals surface area contributed by atoms with Crippen LogP contribution in [0.4, 0.5) is 0 Å². The second kappa shape index (κ2) is 12.4. The number of likely N-dealkylation sites (N-methyl/N-ethyl adjacent to an activating group) is 1. The van der Waals surface area contributed by atoms with E-state index in [-0.39, 0.29) is 24.0 Å². The number of guanidine groups is 1. The lowest BCUT2D eigenvalue weighted by molar-refractivity contribution is 0.255. The van der Waals surface area contributed by atoms with E-state index in [9.17, 15) is 0 Å². The van der Waals surface area contributed by atoms with Crippen LogP contribution in [0.5, 0.6) is 5.75 Å². The molecule has 0 saturated heterocycles. The van der Waals surface area contributed by atoms with Crippen LogP contribution >= 0.6 is 24.0 Å². The fraction of sp³-hybridized carbons (Fsp3) is 0.611. The standard InChI is InChI=1S/C18H32N4O.HI/c1-7-15(2)21(4)13-12-20-18(19-3)22(5)14-16-10-8-9-11-17(16)23-6;/h8-11,15H,7,12-14H2,1-6H3,(H,19,20);1H. The maximum atomic E-state index is 5.42. The van der Waals surface area contributed by atoms with E-state index in [4.69, 9.17) is 4.74 Å². The van der Waals surface area contributed by atoms with Gasteiger partial charge in [0.1, 0.15) is 5.75 Å². The van der Waals surface area contributed by atoms with Crippen LogP contribution in [0.1, 0.15) is 25.8 Å². The zero-order valence-corrected chi connectivity index (χ0v) is 18.2. The molecular weight excluding hydrogens is 415 g/mol. The van der Waals surface area contributed by atoms with E-state index < -0.39 is 0 Å². The maximum Gasteiger partial charge on any atom is 0.193 e. The Bertz CT molecular complexity index is 496. The van der Waals surface area contributed by atoms with Crippen molar-refractivity contribution in [2.75, 3.05) is 41.3 Å². The van der Waals surface area contributed by atoms with Gasteiger partial charge in [-0.2, -0.15) is 0 Å². The van der Waals surface area contributed by atoms with Gasteiger partial charge in [0.15, 0.2) is 5.96 Å². The number of methoxy groups -OCH3 is 1. The fourth-order valence-electron chi connectivity index (χ4n) is 2.42. The average molecular weight is 448 g/mol. The molecule has 0 heterocycles. The fourth-order valence-corrected chi connectivity index (χ4v) is 2.42. The second-order valence-electron chi connectivity index (χ2n) is 5.88. The van der Waals surface area contributed by atoms with E-state index in [1.54, 1.807) is 7.11 Å². The van der Waals surface area contributed by atoms with Crippen LogP contribution < -0.4 is 10.1 Å². The summed E-state index contributed by atoms with van der Waals surface area (Å²) in [5, 5.41) is 3.43. The zero-order chi connectivity index (χ0) is 17.2. The van der Waals surface area contributed by atoms with Crippen LogP contribution in [-0.4, -0.2) is 63.1 Å². The van der Waals surface area contributed by atoms with Crippen LogP contribution in [0.2, 0.25) is 0 Å². The molecule has 5 nitrogen and oxygen atoms in total. The quantitative estimate of drug-likeness (QED) is 0.377. The number of nitrogens with one attached hydrogen (secondary N) is 1. The number of nitrogens with zero attached hydrogens (tertiary/aromatic N) is 3. The van der Waals surface area contributed by atoms with E-state index in [2.05, 4.69) is 47.1 Å². The van der Waals surface area contributed by atoms with Crippen LogP contribution in [-0.2, 0) is 6.54 Å². The Morgan fingerprint density at radius 2 is 1.96 bits per heavy atom. The highest BCUT2D eigenvalue weighted by atomic mass is 127. The van der Waals surface area contributed by atoms with Crippen molar-refractivity contribution in [3.8, 4) is 5.75 Å². The predicted molar refractivity (Wildman–Crippen MR) is 114 cm³/mol. The molecule has 24 heavy (non-hydrogen) atoms. The molecule has 0 radical (unpaired) electrons. The predicted octanol–water partition coefficient (Wildman–Crippen LogP) is 3.05. The summed E-state index contributed by atoms with van der Waals surface area (Å²) in [6.07, 6.45) is 1.17. The number of hydrogen-bond acceptors (Lipinski definition) is 3. The Hall–Kier alpha value is -1.02. The molecule has 138 valence electrons. The number of ether oxygens (including phenoxy) is 1. The Labute approximate surface area is 164 Å². The van der Waals surface area contributed by atoms with Crippen molar-refractivity contribution in [2.45, 2.75) is 32.9 Å². The lowest BCUT2D eigenvalue weighted by Gasteiger charge is -2.26. The van der Waals surface area contributed by atoms with Gasteiger partial charge < -0.3 is 19.9 Å². The number of hydrogen-bond donors (Lipinski definition) is 1. The van der Waals surface area contributed by atoms with E-state index >= 15 is 0 Å². The number of benzene rings is 1. The molecule has 1 aromatic carbocycles. The minimum atomic E-state index is 0. The highest BCUT2D eigenvalue weighted by Gasteiger charge is 2.11. The molecule has 0 aromatic heterocycles. The molecule has 0 bridgehead atoms. The molecule has 0 amide bonds.